The van der Waals surface area contributed by atoms with Gasteiger partial charge in [-0.15, -0.1) is 0 Å². The number of benzene rings is 2. The number of nitrogens with zero attached hydrogens (tertiary/aromatic N) is 1. The van der Waals surface area contributed by atoms with Gasteiger partial charge in [-0.2, -0.15) is 0 Å². The third-order valence-corrected chi connectivity index (χ3v) is 5.72. The van der Waals surface area contributed by atoms with E-state index in [1.807, 2.05) is 0 Å². The second kappa shape index (κ2) is 6.27. The summed E-state index contributed by atoms with van der Waals surface area (Å²) in [6, 6.07) is 15.1. The van der Waals surface area contributed by atoms with Gasteiger partial charge in [0.1, 0.15) is 0 Å². The third kappa shape index (κ3) is 2.91. The molecule has 23 heavy (non-hydrogen) atoms. The van der Waals surface area contributed by atoms with Crippen LogP contribution in [0.1, 0.15) is 34.6 Å². The minimum absolute atomic E-state index is 0.341. The molecule has 0 amide bonds. The van der Waals surface area contributed by atoms with Gasteiger partial charge >= 0.3 is 0 Å². The van der Waals surface area contributed by atoms with Crippen LogP contribution >= 0.6 is 11.6 Å². The molecule has 4 rings (SSSR count). The first-order valence-electron chi connectivity index (χ1n) is 8.38. The zero-order valence-corrected chi connectivity index (χ0v) is 14.2. The van der Waals surface area contributed by atoms with Crippen molar-refractivity contribution in [1.82, 2.24) is 4.90 Å². The number of likely N-dealkylation sites (tertiary alicyclic amines) is 1. The molecule has 2 nitrogen and oxygen atoms in total. The Labute approximate surface area is 143 Å². The fourth-order valence-electron chi connectivity index (χ4n) is 3.92. The molecule has 1 fully saturated rings. The number of rotatable bonds is 2. The Kier molecular flexibility index (Phi) is 4.14. The summed E-state index contributed by atoms with van der Waals surface area (Å²) in [6.07, 6.45) is 1.44. The summed E-state index contributed by atoms with van der Waals surface area (Å²) in [5.74, 6) is 0.439. The average Bonchev–Trinajstić information content (AvgIpc) is 2.59. The Bertz CT molecular complexity index is 700. The van der Waals surface area contributed by atoms with E-state index >= 15 is 0 Å². The molecule has 0 aliphatic carbocycles. The summed E-state index contributed by atoms with van der Waals surface area (Å²) in [6.45, 7) is 5.89. The number of halogens is 1. The summed E-state index contributed by atoms with van der Waals surface area (Å²) in [5, 5.41) is 0.890. The normalized spacial score (nSPS) is 24.1. The number of hydrogen-bond donors (Lipinski definition) is 0. The monoisotopic (exact) mass is 327 g/mol. The van der Waals surface area contributed by atoms with Gasteiger partial charge in [0.2, 0.25) is 0 Å². The van der Waals surface area contributed by atoms with Crippen LogP contribution in [0.3, 0.4) is 0 Å². The maximum absolute atomic E-state index is 6.51. The van der Waals surface area contributed by atoms with E-state index in [1.165, 1.54) is 16.7 Å². The molecule has 0 saturated carbocycles. The van der Waals surface area contributed by atoms with Gasteiger partial charge in [-0.25, -0.2) is 0 Å². The lowest BCUT2D eigenvalue weighted by Crippen LogP contribution is -2.44. The van der Waals surface area contributed by atoms with Crippen molar-refractivity contribution in [2.45, 2.75) is 38.5 Å². The Morgan fingerprint density at radius 1 is 1.17 bits per heavy atom. The molecule has 1 saturated heterocycles. The molecule has 3 heteroatoms. The standard InChI is InChI=1S/C20H22ClNO/c1-14-7-8-16-17-12-22(11-15-5-3-2-4-6-15)10-9-19(17)23-13-18(16)20(14)21/h2-8,17,19H,9-13H2,1H3/t17-,19+/m1/s1. The number of piperidine rings is 1. The van der Waals surface area contributed by atoms with Crippen molar-refractivity contribution in [3.8, 4) is 0 Å². The van der Waals surface area contributed by atoms with E-state index in [1.54, 1.807) is 0 Å². The molecule has 2 atom stereocenters. The van der Waals surface area contributed by atoms with Gasteiger partial charge < -0.3 is 4.74 Å². The van der Waals surface area contributed by atoms with Gasteiger partial charge in [0.25, 0.3) is 0 Å². The number of fused-ring (bicyclic) bond motifs is 3. The lowest BCUT2D eigenvalue weighted by molar-refractivity contribution is -0.0325. The van der Waals surface area contributed by atoms with E-state index in [0.717, 1.165) is 36.6 Å². The highest BCUT2D eigenvalue weighted by molar-refractivity contribution is 6.32. The van der Waals surface area contributed by atoms with Crippen LogP contribution in [-0.2, 0) is 17.9 Å². The van der Waals surface area contributed by atoms with Crippen molar-refractivity contribution in [1.29, 1.82) is 0 Å². The second-order valence-corrected chi connectivity index (χ2v) is 7.11. The molecule has 2 aromatic rings. The largest absolute Gasteiger partial charge is 0.373 e. The molecule has 0 aromatic heterocycles. The van der Waals surface area contributed by atoms with Crippen molar-refractivity contribution in [2.75, 3.05) is 13.1 Å². The lowest BCUT2D eigenvalue weighted by Gasteiger charge is -2.42. The minimum atomic E-state index is 0.341. The van der Waals surface area contributed by atoms with Gasteiger partial charge in [0.15, 0.2) is 0 Å². The molecule has 2 aromatic carbocycles. The summed E-state index contributed by atoms with van der Waals surface area (Å²) in [7, 11) is 0. The molecule has 2 heterocycles. The summed E-state index contributed by atoms with van der Waals surface area (Å²) in [5.41, 5.74) is 5.12. The SMILES string of the molecule is Cc1ccc2c(c1Cl)CO[C@H]1CCN(Cc3ccccc3)C[C@H]21. The first-order valence-corrected chi connectivity index (χ1v) is 8.76. The Hall–Kier alpha value is -1.35. The molecule has 0 N–H and O–H groups in total. The maximum atomic E-state index is 6.51. The van der Waals surface area contributed by atoms with Gasteiger partial charge in [-0.1, -0.05) is 54.1 Å². The quantitative estimate of drug-likeness (QED) is 0.803. The van der Waals surface area contributed by atoms with E-state index < -0.39 is 0 Å². The zero-order valence-electron chi connectivity index (χ0n) is 13.5. The van der Waals surface area contributed by atoms with Crippen LogP contribution < -0.4 is 0 Å². The van der Waals surface area contributed by atoms with Crippen LogP contribution in [0.5, 0.6) is 0 Å². The molecule has 0 unspecified atom stereocenters. The second-order valence-electron chi connectivity index (χ2n) is 6.73. The van der Waals surface area contributed by atoms with E-state index in [-0.39, 0.29) is 0 Å². The van der Waals surface area contributed by atoms with Crippen LogP contribution in [0.4, 0.5) is 0 Å². The van der Waals surface area contributed by atoms with Crippen molar-refractivity contribution >= 4 is 11.6 Å². The molecule has 120 valence electrons. The highest BCUT2D eigenvalue weighted by Crippen LogP contribution is 2.40. The zero-order chi connectivity index (χ0) is 15.8. The van der Waals surface area contributed by atoms with Gasteiger partial charge in [0, 0.05) is 36.1 Å². The predicted molar refractivity (Wildman–Crippen MR) is 93.8 cm³/mol. The van der Waals surface area contributed by atoms with Crippen LogP contribution in [-0.4, -0.2) is 24.1 Å². The highest BCUT2D eigenvalue weighted by atomic mass is 35.5. The van der Waals surface area contributed by atoms with Crippen LogP contribution in [0.25, 0.3) is 0 Å². The summed E-state index contributed by atoms with van der Waals surface area (Å²) >= 11 is 6.51. The highest BCUT2D eigenvalue weighted by Gasteiger charge is 2.36. The van der Waals surface area contributed by atoms with Crippen LogP contribution in [0.2, 0.25) is 5.02 Å². The van der Waals surface area contributed by atoms with Crippen molar-refractivity contribution in [2.24, 2.45) is 0 Å². The topological polar surface area (TPSA) is 12.5 Å². The van der Waals surface area contributed by atoms with Gasteiger partial charge in [-0.05, 0) is 30.0 Å². The van der Waals surface area contributed by atoms with E-state index in [2.05, 4.69) is 54.3 Å². The number of aryl methyl sites for hydroxylation is 1. The van der Waals surface area contributed by atoms with E-state index in [4.69, 9.17) is 16.3 Å². The van der Waals surface area contributed by atoms with Crippen LogP contribution in [0.15, 0.2) is 42.5 Å². The Balaban J connectivity index is 1.57. The Morgan fingerprint density at radius 2 is 2.00 bits per heavy atom. The molecule has 0 bridgehead atoms. The molecular formula is C20H22ClNO. The fraction of sp³-hybridized carbons (Fsp3) is 0.400. The predicted octanol–water partition coefficient (Wildman–Crippen LogP) is 4.54. The van der Waals surface area contributed by atoms with E-state index in [9.17, 15) is 0 Å². The molecule has 2 aliphatic rings. The number of hydrogen-bond acceptors (Lipinski definition) is 2. The van der Waals surface area contributed by atoms with Crippen molar-refractivity contribution < 1.29 is 4.74 Å². The van der Waals surface area contributed by atoms with E-state index in [0.29, 0.717) is 18.6 Å². The Morgan fingerprint density at radius 3 is 2.83 bits per heavy atom. The van der Waals surface area contributed by atoms with Crippen LogP contribution in [0, 0.1) is 6.92 Å². The average molecular weight is 328 g/mol. The molecule has 0 radical (unpaired) electrons. The van der Waals surface area contributed by atoms with Crippen molar-refractivity contribution in [3.05, 3.63) is 69.7 Å². The first-order chi connectivity index (χ1) is 11.2. The maximum Gasteiger partial charge on any atom is 0.0738 e. The van der Waals surface area contributed by atoms with Crippen molar-refractivity contribution in [3.63, 3.8) is 0 Å². The number of ether oxygens (including phenoxy) is 1. The molecule has 2 aliphatic heterocycles. The summed E-state index contributed by atoms with van der Waals surface area (Å²) < 4.78 is 6.13. The third-order valence-electron chi connectivity index (χ3n) is 5.20. The fourth-order valence-corrected chi connectivity index (χ4v) is 4.15. The summed E-state index contributed by atoms with van der Waals surface area (Å²) in [4.78, 5) is 2.54. The molecule has 0 spiro atoms. The van der Waals surface area contributed by atoms with Gasteiger partial charge in [0.05, 0.1) is 12.7 Å². The molecular weight excluding hydrogens is 306 g/mol. The lowest BCUT2D eigenvalue weighted by atomic mass is 9.82. The van der Waals surface area contributed by atoms with Gasteiger partial charge in [-0.3, -0.25) is 4.90 Å². The smallest absolute Gasteiger partial charge is 0.0738 e. The minimum Gasteiger partial charge on any atom is -0.373 e. The first kappa shape index (κ1) is 15.2.